The summed E-state index contributed by atoms with van der Waals surface area (Å²) in [5, 5.41) is 20.8. The molecule has 7 nitrogen and oxygen atoms in total. The van der Waals surface area contributed by atoms with Crippen molar-refractivity contribution in [3.63, 3.8) is 0 Å². The van der Waals surface area contributed by atoms with Gasteiger partial charge in [-0.05, 0) is 17.0 Å². The zero-order chi connectivity index (χ0) is 10.5. The zero-order valence-corrected chi connectivity index (χ0v) is 7.14. The maximum Gasteiger partial charge on any atom is 0.309 e. The summed E-state index contributed by atoms with van der Waals surface area (Å²) in [6.45, 7) is 0. The molecule has 0 aliphatic carbocycles. The van der Waals surface area contributed by atoms with Crippen LogP contribution in [-0.2, 0) is 0 Å². The van der Waals surface area contributed by atoms with Crippen LogP contribution in [0.1, 0.15) is 0 Å². The van der Waals surface area contributed by atoms with Gasteiger partial charge in [-0.25, -0.2) is 0 Å². The van der Waals surface area contributed by atoms with E-state index in [1.165, 1.54) is 12.1 Å². The summed E-state index contributed by atoms with van der Waals surface area (Å²) in [7, 11) is 0. The molecule has 1 aromatic carbocycles. The SMILES string of the molecule is Nc1cc(N)c2c(N)[n+]([O-])n(O)c2c1. The van der Waals surface area contributed by atoms with Crippen molar-refractivity contribution in [2.75, 3.05) is 17.2 Å². The van der Waals surface area contributed by atoms with Crippen LogP contribution in [0.3, 0.4) is 0 Å². The van der Waals surface area contributed by atoms with Crippen LogP contribution in [0.4, 0.5) is 17.2 Å². The van der Waals surface area contributed by atoms with E-state index in [4.69, 9.17) is 17.2 Å². The lowest BCUT2D eigenvalue weighted by atomic mass is 10.2. The Morgan fingerprint density at radius 1 is 1.29 bits per heavy atom. The second kappa shape index (κ2) is 2.34. The van der Waals surface area contributed by atoms with Gasteiger partial charge >= 0.3 is 5.82 Å². The number of hydrogen-bond donors (Lipinski definition) is 4. The van der Waals surface area contributed by atoms with E-state index in [2.05, 4.69) is 0 Å². The largest absolute Gasteiger partial charge is 0.690 e. The maximum atomic E-state index is 11.2. The van der Waals surface area contributed by atoms with Gasteiger partial charge in [0.25, 0.3) is 0 Å². The fourth-order valence-corrected chi connectivity index (χ4v) is 1.40. The van der Waals surface area contributed by atoms with Crippen molar-refractivity contribution in [2.45, 2.75) is 0 Å². The first-order chi connectivity index (χ1) is 6.52. The Balaban J connectivity index is 3.02. The Hall–Kier alpha value is -2.31. The Morgan fingerprint density at radius 3 is 2.57 bits per heavy atom. The molecule has 0 saturated carbocycles. The normalized spacial score (nSPS) is 10.9. The van der Waals surface area contributed by atoms with Gasteiger partial charge < -0.3 is 21.9 Å². The van der Waals surface area contributed by atoms with Crippen LogP contribution in [0, 0.1) is 5.21 Å². The number of nitrogens with two attached hydrogens (primary N) is 3. The minimum atomic E-state index is -0.153. The molecule has 0 atom stereocenters. The number of nitrogen functional groups attached to an aromatic ring is 3. The molecule has 2 aromatic rings. The van der Waals surface area contributed by atoms with E-state index < -0.39 is 0 Å². The third-order valence-corrected chi connectivity index (χ3v) is 2.02. The lowest BCUT2D eigenvalue weighted by molar-refractivity contribution is -0.709. The Kier molecular flexibility index (Phi) is 1.39. The van der Waals surface area contributed by atoms with Crippen molar-refractivity contribution in [2.24, 2.45) is 0 Å². The molecule has 0 radical (unpaired) electrons. The average molecular weight is 195 g/mol. The quantitative estimate of drug-likeness (QED) is 0.190. The molecule has 0 aliphatic heterocycles. The standard InChI is InChI=1S/C7H9N5O2/c8-3-1-4(9)6-5(2-3)11(13)12(14)7(6)10/h1-2,13H,8-10H2. The number of nitrogens with zero attached hydrogens (tertiary/aromatic N) is 2. The number of aromatic nitrogens is 2. The molecule has 0 saturated heterocycles. The van der Waals surface area contributed by atoms with Gasteiger partial charge in [0, 0.05) is 5.69 Å². The first-order valence-corrected chi connectivity index (χ1v) is 3.80. The summed E-state index contributed by atoms with van der Waals surface area (Å²) in [4.78, 5) is 0.498. The summed E-state index contributed by atoms with van der Waals surface area (Å²) in [5.74, 6) is -0.153. The second-order valence-electron chi connectivity index (χ2n) is 2.95. The van der Waals surface area contributed by atoms with Crippen LogP contribution >= 0.6 is 0 Å². The van der Waals surface area contributed by atoms with Gasteiger partial charge in [0.2, 0.25) is 0 Å². The number of fused-ring (bicyclic) bond motifs is 1. The van der Waals surface area contributed by atoms with Crippen LogP contribution in [0.25, 0.3) is 10.9 Å². The predicted molar refractivity (Wildman–Crippen MR) is 51.3 cm³/mol. The fraction of sp³-hybridized carbons (Fsp3) is 0. The molecule has 0 fully saturated rings. The molecule has 0 bridgehead atoms. The summed E-state index contributed by atoms with van der Waals surface area (Å²) in [6, 6.07) is 2.88. The third kappa shape index (κ3) is 0.830. The topological polar surface area (TPSA) is 130 Å². The van der Waals surface area contributed by atoms with Crippen LogP contribution in [0.2, 0.25) is 0 Å². The van der Waals surface area contributed by atoms with Crippen LogP contribution in [0.5, 0.6) is 0 Å². The minimum absolute atomic E-state index is 0.139. The van der Waals surface area contributed by atoms with E-state index in [9.17, 15) is 10.4 Å². The van der Waals surface area contributed by atoms with E-state index in [0.717, 1.165) is 0 Å². The van der Waals surface area contributed by atoms with E-state index in [1.807, 2.05) is 0 Å². The van der Waals surface area contributed by atoms with Gasteiger partial charge in [0.05, 0.1) is 5.69 Å². The van der Waals surface area contributed by atoms with Crippen molar-refractivity contribution in [1.29, 1.82) is 0 Å². The highest BCUT2D eigenvalue weighted by Crippen LogP contribution is 2.27. The van der Waals surface area contributed by atoms with Crippen LogP contribution in [0.15, 0.2) is 12.1 Å². The fourth-order valence-electron chi connectivity index (χ4n) is 1.40. The second-order valence-corrected chi connectivity index (χ2v) is 2.95. The number of hydrogen-bond acceptors (Lipinski definition) is 5. The monoisotopic (exact) mass is 195 g/mol. The highest BCUT2D eigenvalue weighted by Gasteiger charge is 2.18. The van der Waals surface area contributed by atoms with Gasteiger partial charge in [-0.2, -0.15) is 0 Å². The molecule has 1 aromatic heterocycles. The number of rotatable bonds is 0. The number of anilines is 3. The Morgan fingerprint density at radius 2 is 1.93 bits per heavy atom. The highest BCUT2D eigenvalue weighted by molar-refractivity contribution is 5.99. The lowest BCUT2D eigenvalue weighted by Gasteiger charge is -2.00. The van der Waals surface area contributed by atoms with Crippen molar-refractivity contribution in [1.82, 2.24) is 4.85 Å². The molecular weight excluding hydrogens is 186 g/mol. The predicted octanol–water partition coefficient (Wildman–Crippen LogP) is -0.741. The zero-order valence-electron chi connectivity index (χ0n) is 7.14. The molecule has 7 heteroatoms. The first kappa shape index (κ1) is 8.30. The van der Waals surface area contributed by atoms with E-state index in [0.29, 0.717) is 15.9 Å². The van der Waals surface area contributed by atoms with E-state index in [-0.39, 0.29) is 21.9 Å². The molecule has 0 amide bonds. The van der Waals surface area contributed by atoms with Crippen molar-refractivity contribution in [3.8, 4) is 0 Å². The molecule has 1 heterocycles. The summed E-state index contributed by atoms with van der Waals surface area (Å²) < 4.78 is 0. The van der Waals surface area contributed by atoms with Gasteiger partial charge in [-0.3, -0.25) is 5.73 Å². The summed E-state index contributed by atoms with van der Waals surface area (Å²) >= 11 is 0. The van der Waals surface area contributed by atoms with Crippen molar-refractivity contribution >= 4 is 28.1 Å². The maximum absolute atomic E-state index is 11.2. The van der Waals surface area contributed by atoms with Gasteiger partial charge in [0.1, 0.15) is 10.9 Å². The third-order valence-electron chi connectivity index (χ3n) is 2.02. The molecular formula is C7H9N5O2. The molecule has 0 aliphatic rings. The lowest BCUT2D eigenvalue weighted by Crippen LogP contribution is -2.38. The molecule has 14 heavy (non-hydrogen) atoms. The smallest absolute Gasteiger partial charge is 0.309 e. The van der Waals surface area contributed by atoms with Gasteiger partial charge in [0.15, 0.2) is 0 Å². The highest BCUT2D eigenvalue weighted by atomic mass is 16.6. The molecule has 74 valence electrons. The molecule has 0 spiro atoms. The van der Waals surface area contributed by atoms with Crippen LogP contribution < -0.4 is 22.0 Å². The minimum Gasteiger partial charge on any atom is -0.690 e. The molecule has 0 unspecified atom stereocenters. The summed E-state index contributed by atoms with van der Waals surface area (Å²) in [6.07, 6.45) is 0. The summed E-state index contributed by atoms with van der Waals surface area (Å²) in [5.41, 5.74) is 17.3. The first-order valence-electron chi connectivity index (χ1n) is 3.80. The Bertz CT molecular complexity index is 519. The molecule has 2 rings (SSSR count). The van der Waals surface area contributed by atoms with Gasteiger partial charge in [-0.1, -0.05) is 0 Å². The van der Waals surface area contributed by atoms with E-state index in [1.54, 1.807) is 0 Å². The average Bonchev–Trinajstić information content (AvgIpc) is 2.31. The van der Waals surface area contributed by atoms with Crippen molar-refractivity contribution < 1.29 is 10.1 Å². The Labute approximate surface area is 78.4 Å². The molecule has 7 N–H and O–H groups in total. The van der Waals surface area contributed by atoms with Gasteiger partial charge in [-0.15, -0.1) is 4.85 Å². The van der Waals surface area contributed by atoms with Crippen molar-refractivity contribution in [3.05, 3.63) is 17.3 Å². The van der Waals surface area contributed by atoms with E-state index >= 15 is 0 Å². The number of benzene rings is 1. The van der Waals surface area contributed by atoms with Crippen LogP contribution in [-0.4, -0.2) is 10.1 Å².